The Balaban J connectivity index is 0.00000512. The summed E-state index contributed by atoms with van der Waals surface area (Å²) in [4.78, 5) is 19.4. The zero-order chi connectivity index (χ0) is 23.2. The topological polar surface area (TPSA) is 74.6 Å². The molecule has 0 radical (unpaired) electrons. The van der Waals surface area contributed by atoms with E-state index in [9.17, 15) is 4.79 Å². The Labute approximate surface area is 210 Å². The molecule has 1 aromatic heterocycles. The summed E-state index contributed by atoms with van der Waals surface area (Å²) in [5, 5.41) is 11.0. The number of nitrogens with one attached hydrogen (secondary N) is 2. The van der Waals surface area contributed by atoms with Crippen molar-refractivity contribution in [1.29, 1.82) is 0 Å². The Hall–Kier alpha value is -2.10. The zero-order valence-electron chi connectivity index (χ0n) is 20.7. The van der Waals surface area contributed by atoms with E-state index < -0.39 is 0 Å². The number of aromatic nitrogens is 2. The predicted molar refractivity (Wildman–Crippen MR) is 143 cm³/mol. The van der Waals surface area contributed by atoms with E-state index in [-0.39, 0.29) is 35.4 Å². The molecular formula is C24H39IN6O. The fraction of sp³-hybridized carbons (Fsp3) is 0.542. The van der Waals surface area contributed by atoms with Gasteiger partial charge in [-0.25, -0.2) is 4.99 Å². The van der Waals surface area contributed by atoms with Gasteiger partial charge < -0.3 is 15.5 Å². The number of carbonyl (C=O) groups is 1. The van der Waals surface area contributed by atoms with Gasteiger partial charge in [0, 0.05) is 50.0 Å². The molecule has 0 fully saturated rings. The fourth-order valence-electron chi connectivity index (χ4n) is 3.35. The molecule has 2 N–H and O–H groups in total. The van der Waals surface area contributed by atoms with Gasteiger partial charge in [-0.15, -0.1) is 24.0 Å². The van der Waals surface area contributed by atoms with Crippen molar-refractivity contribution in [2.75, 3.05) is 13.6 Å². The Morgan fingerprint density at radius 3 is 2.56 bits per heavy atom. The molecular weight excluding hydrogens is 515 g/mol. The maximum absolute atomic E-state index is 12.5. The van der Waals surface area contributed by atoms with E-state index in [4.69, 9.17) is 4.99 Å². The average molecular weight is 555 g/mol. The maximum Gasteiger partial charge on any atom is 0.251 e. The Kier molecular flexibility index (Phi) is 10.7. The first-order valence-electron chi connectivity index (χ1n) is 10.9. The summed E-state index contributed by atoms with van der Waals surface area (Å²) >= 11 is 0. The van der Waals surface area contributed by atoms with Crippen molar-refractivity contribution in [3.63, 3.8) is 0 Å². The van der Waals surface area contributed by atoms with Gasteiger partial charge in [-0.1, -0.05) is 26.0 Å². The molecule has 1 amide bonds. The zero-order valence-corrected chi connectivity index (χ0v) is 23.0. The summed E-state index contributed by atoms with van der Waals surface area (Å²) in [7, 11) is 3.99. The van der Waals surface area contributed by atoms with E-state index in [1.807, 2.05) is 63.8 Å². The van der Waals surface area contributed by atoms with Crippen LogP contribution in [0.25, 0.3) is 0 Å². The highest BCUT2D eigenvalue weighted by atomic mass is 127. The second kappa shape index (κ2) is 12.2. The molecule has 0 atom stereocenters. The highest BCUT2D eigenvalue weighted by Crippen LogP contribution is 2.18. The fourth-order valence-corrected chi connectivity index (χ4v) is 3.35. The average Bonchev–Trinajstić information content (AvgIpc) is 3.04. The van der Waals surface area contributed by atoms with Crippen LogP contribution in [0.2, 0.25) is 0 Å². The number of benzene rings is 1. The monoisotopic (exact) mass is 554 g/mol. The predicted octanol–water partition coefficient (Wildman–Crippen LogP) is 4.29. The molecule has 1 heterocycles. The normalized spacial score (nSPS) is 11.8. The summed E-state index contributed by atoms with van der Waals surface area (Å²) in [6.45, 7) is 14.3. The molecule has 2 rings (SSSR count). The Bertz CT molecular complexity index is 913. The third kappa shape index (κ3) is 8.44. The molecule has 7 nitrogen and oxygen atoms in total. The van der Waals surface area contributed by atoms with Gasteiger partial charge in [0.15, 0.2) is 5.96 Å². The van der Waals surface area contributed by atoms with Gasteiger partial charge in [0.05, 0.1) is 12.2 Å². The van der Waals surface area contributed by atoms with E-state index >= 15 is 0 Å². The van der Waals surface area contributed by atoms with Crippen LogP contribution in [0, 0.1) is 0 Å². The van der Waals surface area contributed by atoms with E-state index in [1.165, 1.54) is 5.56 Å². The highest BCUT2D eigenvalue weighted by Gasteiger charge is 2.16. The number of aliphatic imine (C=N–C) groups is 1. The van der Waals surface area contributed by atoms with Gasteiger partial charge in [-0.05, 0) is 51.3 Å². The number of guanidine groups is 1. The van der Waals surface area contributed by atoms with Crippen molar-refractivity contribution in [3.05, 3.63) is 52.8 Å². The number of halogens is 1. The van der Waals surface area contributed by atoms with Crippen molar-refractivity contribution in [2.45, 2.75) is 66.1 Å². The van der Waals surface area contributed by atoms with Gasteiger partial charge >= 0.3 is 0 Å². The summed E-state index contributed by atoms with van der Waals surface area (Å²) in [6.07, 6.45) is 2.08. The van der Waals surface area contributed by atoms with E-state index in [0.717, 1.165) is 30.3 Å². The number of nitrogens with zero attached hydrogens (tertiary/aromatic N) is 4. The number of carbonyl (C=O) groups excluding carboxylic acids is 1. The van der Waals surface area contributed by atoms with Crippen LogP contribution >= 0.6 is 24.0 Å². The molecule has 0 aliphatic heterocycles. The third-order valence-electron chi connectivity index (χ3n) is 4.68. The van der Waals surface area contributed by atoms with Crippen molar-refractivity contribution in [3.8, 4) is 0 Å². The lowest BCUT2D eigenvalue weighted by Crippen LogP contribution is -2.40. The van der Waals surface area contributed by atoms with Crippen LogP contribution in [0.4, 0.5) is 0 Å². The lowest BCUT2D eigenvalue weighted by molar-refractivity contribution is 0.0919. The smallest absolute Gasteiger partial charge is 0.251 e. The van der Waals surface area contributed by atoms with Crippen LogP contribution < -0.4 is 10.6 Å². The van der Waals surface area contributed by atoms with Gasteiger partial charge in [0.25, 0.3) is 5.91 Å². The standard InChI is InChI=1S/C24H38N6O.HI/c1-9-25-23(29(7)15-20-16-30(8)28-21(20)17(2)3)26-14-18-11-10-12-19(13-18)22(31)27-24(4,5)6;/h10-13,16-17H,9,14-15H2,1-8H3,(H,25,26)(H,27,31);1H. The minimum absolute atomic E-state index is 0. The lowest BCUT2D eigenvalue weighted by atomic mass is 10.1. The quantitative estimate of drug-likeness (QED) is 0.305. The SMILES string of the molecule is CCNC(=NCc1cccc(C(=O)NC(C)(C)C)c1)N(C)Cc1cn(C)nc1C(C)C.I. The van der Waals surface area contributed by atoms with Crippen LogP contribution in [0.5, 0.6) is 0 Å². The molecule has 0 saturated carbocycles. The summed E-state index contributed by atoms with van der Waals surface area (Å²) in [5.41, 5.74) is 3.69. The van der Waals surface area contributed by atoms with Crippen LogP contribution in [0.1, 0.15) is 74.6 Å². The molecule has 0 aliphatic carbocycles. The lowest BCUT2D eigenvalue weighted by Gasteiger charge is -2.22. The highest BCUT2D eigenvalue weighted by molar-refractivity contribution is 14.0. The maximum atomic E-state index is 12.5. The van der Waals surface area contributed by atoms with Gasteiger partial charge in [0.2, 0.25) is 0 Å². The number of hydrogen-bond donors (Lipinski definition) is 2. The minimum atomic E-state index is -0.271. The Morgan fingerprint density at radius 1 is 1.28 bits per heavy atom. The number of amides is 1. The molecule has 32 heavy (non-hydrogen) atoms. The van der Waals surface area contributed by atoms with Crippen LogP contribution in [0.3, 0.4) is 0 Å². The van der Waals surface area contributed by atoms with E-state index in [1.54, 1.807) is 0 Å². The first-order valence-corrected chi connectivity index (χ1v) is 10.9. The number of aryl methyl sites for hydroxylation is 1. The largest absolute Gasteiger partial charge is 0.357 e. The van der Waals surface area contributed by atoms with Gasteiger partial charge in [-0.2, -0.15) is 5.10 Å². The summed E-state index contributed by atoms with van der Waals surface area (Å²) in [6, 6.07) is 7.65. The van der Waals surface area contributed by atoms with Gasteiger partial charge in [0.1, 0.15) is 0 Å². The molecule has 0 spiro atoms. The molecule has 0 saturated heterocycles. The first-order chi connectivity index (χ1) is 14.5. The minimum Gasteiger partial charge on any atom is -0.357 e. The Morgan fingerprint density at radius 2 is 1.97 bits per heavy atom. The number of hydrogen-bond acceptors (Lipinski definition) is 3. The van der Waals surface area contributed by atoms with E-state index in [0.29, 0.717) is 18.0 Å². The van der Waals surface area contributed by atoms with Crippen LogP contribution in [-0.2, 0) is 20.1 Å². The molecule has 0 unspecified atom stereocenters. The number of rotatable bonds is 7. The van der Waals surface area contributed by atoms with Crippen molar-refractivity contribution in [1.82, 2.24) is 25.3 Å². The van der Waals surface area contributed by atoms with Crippen molar-refractivity contribution in [2.24, 2.45) is 12.0 Å². The molecule has 178 valence electrons. The molecule has 8 heteroatoms. The third-order valence-corrected chi connectivity index (χ3v) is 4.68. The molecule has 1 aromatic carbocycles. The molecule has 2 aromatic rings. The van der Waals surface area contributed by atoms with Crippen LogP contribution in [0.15, 0.2) is 35.5 Å². The van der Waals surface area contributed by atoms with Crippen LogP contribution in [-0.4, -0.2) is 45.7 Å². The molecule has 0 aliphatic rings. The van der Waals surface area contributed by atoms with Crippen molar-refractivity contribution >= 4 is 35.8 Å². The van der Waals surface area contributed by atoms with E-state index in [2.05, 4.69) is 47.6 Å². The molecule has 0 bridgehead atoms. The summed E-state index contributed by atoms with van der Waals surface area (Å²) < 4.78 is 1.87. The first kappa shape index (κ1) is 27.9. The van der Waals surface area contributed by atoms with Gasteiger partial charge in [-0.3, -0.25) is 9.48 Å². The van der Waals surface area contributed by atoms with Crippen molar-refractivity contribution < 1.29 is 4.79 Å². The second-order valence-corrected chi connectivity index (χ2v) is 9.30. The second-order valence-electron chi connectivity index (χ2n) is 9.30. The summed E-state index contributed by atoms with van der Waals surface area (Å²) in [5.74, 6) is 1.12.